The van der Waals surface area contributed by atoms with Gasteiger partial charge in [-0.25, -0.2) is 0 Å². The Bertz CT molecular complexity index is 2770. The van der Waals surface area contributed by atoms with E-state index in [2.05, 4.69) is 213 Å². The molecule has 0 N–H and O–H groups in total. The van der Waals surface area contributed by atoms with E-state index in [1.807, 2.05) is 0 Å². The Labute approximate surface area is 330 Å². The first-order valence-corrected chi connectivity index (χ1v) is 20.0. The van der Waals surface area contributed by atoms with Gasteiger partial charge in [0.25, 0.3) is 0 Å². The minimum atomic E-state index is -0.192. The van der Waals surface area contributed by atoms with Gasteiger partial charge in [-0.3, -0.25) is 0 Å². The minimum absolute atomic E-state index is 0.0937. The van der Waals surface area contributed by atoms with Crippen LogP contribution in [0.4, 0.5) is 28.4 Å². The Hall–Kier alpha value is -6.38. The maximum Gasteiger partial charge on any atom is 0.0501 e. The Morgan fingerprint density at radius 1 is 0.500 bits per heavy atom. The van der Waals surface area contributed by atoms with Crippen LogP contribution in [0.15, 0.2) is 182 Å². The number of fused-ring (bicyclic) bond motifs is 9. The van der Waals surface area contributed by atoms with E-state index in [-0.39, 0.29) is 10.8 Å². The third-order valence-electron chi connectivity index (χ3n) is 13.1. The van der Waals surface area contributed by atoms with Crippen LogP contribution in [-0.2, 0) is 10.8 Å². The van der Waals surface area contributed by atoms with Crippen LogP contribution >= 0.6 is 0 Å². The first kappa shape index (κ1) is 33.0. The number of nitrogens with zero attached hydrogens (tertiary/aromatic N) is 2. The van der Waals surface area contributed by atoms with Gasteiger partial charge >= 0.3 is 0 Å². The van der Waals surface area contributed by atoms with Crippen LogP contribution in [0, 0.1) is 0 Å². The molecule has 3 aliphatic carbocycles. The van der Waals surface area contributed by atoms with Crippen LogP contribution in [0.1, 0.15) is 67.9 Å². The predicted octanol–water partition coefficient (Wildman–Crippen LogP) is 14.5. The summed E-state index contributed by atoms with van der Waals surface area (Å²) in [5.41, 5.74) is 21.9. The molecule has 270 valence electrons. The molecule has 0 bridgehead atoms. The van der Waals surface area contributed by atoms with E-state index in [4.69, 9.17) is 0 Å². The molecule has 0 saturated carbocycles. The predicted molar refractivity (Wildman–Crippen MR) is 235 cm³/mol. The highest BCUT2D eigenvalue weighted by atomic mass is 15.2. The molecule has 0 aromatic heterocycles. The third-order valence-corrected chi connectivity index (χ3v) is 13.1. The van der Waals surface area contributed by atoms with Gasteiger partial charge in [0.1, 0.15) is 0 Å². The fourth-order valence-corrected chi connectivity index (χ4v) is 10.2. The Morgan fingerprint density at radius 3 is 1.77 bits per heavy atom. The highest BCUT2D eigenvalue weighted by Gasteiger charge is 2.42. The van der Waals surface area contributed by atoms with Crippen molar-refractivity contribution in [3.63, 3.8) is 0 Å². The van der Waals surface area contributed by atoms with Gasteiger partial charge in [-0.1, -0.05) is 137 Å². The van der Waals surface area contributed by atoms with Gasteiger partial charge in [0.15, 0.2) is 0 Å². The van der Waals surface area contributed by atoms with Crippen molar-refractivity contribution >= 4 is 28.4 Å². The number of para-hydroxylation sites is 1. The molecule has 7 aromatic rings. The standard InChI is InChI=1S/C54H44N2/c1-53(2)47-21-13-11-19-41(47)42-29-27-39(31-48(42)53)55(38-25-23-36(24-26-38)35-15-7-5-8-16-35)40-28-30-43-45-33-46-44-20-12-14-22-51(44)56(37-17-9-6-10-18-37)52(46)34-50(45)54(3,4)49(43)32-40/h5-19,21-34,44H,20H2,1-4H3. The molecular formula is C54H44N2. The molecule has 4 aliphatic rings. The molecule has 0 spiro atoms. The average Bonchev–Trinajstić information content (AvgIpc) is 3.77. The van der Waals surface area contributed by atoms with Gasteiger partial charge in [-0.15, -0.1) is 0 Å². The van der Waals surface area contributed by atoms with Gasteiger partial charge in [0.2, 0.25) is 0 Å². The summed E-state index contributed by atoms with van der Waals surface area (Å²) in [7, 11) is 0. The molecule has 1 unspecified atom stereocenters. The van der Waals surface area contributed by atoms with Gasteiger partial charge < -0.3 is 9.80 Å². The van der Waals surface area contributed by atoms with E-state index in [0.717, 1.165) is 12.1 Å². The summed E-state index contributed by atoms with van der Waals surface area (Å²) < 4.78 is 0. The molecule has 0 radical (unpaired) electrons. The van der Waals surface area contributed by atoms with Crippen molar-refractivity contribution in [3.8, 4) is 33.4 Å². The summed E-state index contributed by atoms with van der Waals surface area (Å²) in [5, 5.41) is 0. The van der Waals surface area contributed by atoms with Gasteiger partial charge in [0.05, 0.1) is 5.69 Å². The highest BCUT2D eigenvalue weighted by Crippen LogP contribution is 2.58. The van der Waals surface area contributed by atoms with E-state index in [1.54, 1.807) is 0 Å². The number of benzene rings is 7. The fraction of sp³-hybridized carbons (Fsp3) is 0.148. The number of allylic oxidation sites excluding steroid dienone is 4. The Balaban J connectivity index is 1.05. The monoisotopic (exact) mass is 720 g/mol. The summed E-state index contributed by atoms with van der Waals surface area (Å²) >= 11 is 0. The second-order valence-corrected chi connectivity index (χ2v) is 16.9. The van der Waals surface area contributed by atoms with Gasteiger partial charge in [0, 0.05) is 45.2 Å². The molecule has 1 heterocycles. The first-order chi connectivity index (χ1) is 27.3. The molecule has 56 heavy (non-hydrogen) atoms. The number of hydrogen-bond donors (Lipinski definition) is 0. The smallest absolute Gasteiger partial charge is 0.0501 e. The van der Waals surface area contributed by atoms with Crippen LogP contribution in [-0.4, -0.2) is 0 Å². The van der Waals surface area contributed by atoms with E-state index >= 15 is 0 Å². The molecule has 1 aliphatic heterocycles. The number of rotatable bonds is 5. The molecule has 1 atom stereocenters. The summed E-state index contributed by atoms with van der Waals surface area (Å²) in [6.07, 6.45) is 7.89. The van der Waals surface area contributed by atoms with Gasteiger partial charge in [-0.2, -0.15) is 0 Å². The second kappa shape index (κ2) is 12.1. The van der Waals surface area contributed by atoms with Crippen molar-refractivity contribution in [1.29, 1.82) is 0 Å². The first-order valence-electron chi connectivity index (χ1n) is 20.0. The SMILES string of the molecule is CC1(C)c2ccccc2-c2ccc(N(c3ccc(-c4ccccc4)cc3)c3ccc4c(c3)C(C)(C)c3cc5c(cc3-4)C3CC=CC=C3N5c3ccccc3)cc21. The number of anilines is 5. The average molecular weight is 721 g/mol. The molecule has 0 fully saturated rings. The van der Waals surface area contributed by atoms with E-state index < -0.39 is 0 Å². The van der Waals surface area contributed by atoms with E-state index in [0.29, 0.717) is 5.92 Å². The fourth-order valence-electron chi connectivity index (χ4n) is 10.2. The quantitative estimate of drug-likeness (QED) is 0.175. The second-order valence-electron chi connectivity index (χ2n) is 16.9. The van der Waals surface area contributed by atoms with Crippen LogP contribution in [0.25, 0.3) is 33.4 Å². The Morgan fingerprint density at radius 2 is 1.05 bits per heavy atom. The molecule has 2 heteroatoms. The molecule has 11 rings (SSSR count). The maximum atomic E-state index is 2.53. The minimum Gasteiger partial charge on any atom is -0.313 e. The van der Waals surface area contributed by atoms with E-state index in [9.17, 15) is 0 Å². The molecule has 0 amide bonds. The number of hydrogen-bond acceptors (Lipinski definition) is 2. The molecule has 2 nitrogen and oxygen atoms in total. The zero-order valence-electron chi connectivity index (χ0n) is 32.4. The van der Waals surface area contributed by atoms with E-state index in [1.165, 1.54) is 89.6 Å². The van der Waals surface area contributed by atoms with Crippen molar-refractivity contribution in [1.82, 2.24) is 0 Å². The summed E-state index contributed by atoms with van der Waals surface area (Å²) in [6.45, 7) is 9.57. The third kappa shape index (κ3) is 4.75. The van der Waals surface area contributed by atoms with Crippen LogP contribution in [0.5, 0.6) is 0 Å². The van der Waals surface area contributed by atoms with Crippen LogP contribution in [0.3, 0.4) is 0 Å². The summed E-state index contributed by atoms with van der Waals surface area (Å²) in [5.74, 6) is 0.358. The molecular weight excluding hydrogens is 677 g/mol. The van der Waals surface area contributed by atoms with Crippen LogP contribution < -0.4 is 9.80 Å². The van der Waals surface area contributed by atoms with Gasteiger partial charge in [-0.05, 0) is 134 Å². The zero-order valence-corrected chi connectivity index (χ0v) is 32.4. The summed E-state index contributed by atoms with van der Waals surface area (Å²) in [4.78, 5) is 4.97. The maximum absolute atomic E-state index is 2.53. The van der Waals surface area contributed by atoms with Crippen LogP contribution in [0.2, 0.25) is 0 Å². The van der Waals surface area contributed by atoms with Crippen molar-refractivity contribution in [2.45, 2.75) is 50.9 Å². The lowest BCUT2D eigenvalue weighted by Gasteiger charge is -2.30. The lowest BCUT2D eigenvalue weighted by molar-refractivity contribution is 0.660. The van der Waals surface area contributed by atoms with Crippen molar-refractivity contribution in [2.24, 2.45) is 0 Å². The highest BCUT2D eigenvalue weighted by molar-refractivity contribution is 5.91. The lowest BCUT2D eigenvalue weighted by atomic mass is 9.81. The Kier molecular flexibility index (Phi) is 7.11. The normalized spacial score (nSPS) is 17.3. The topological polar surface area (TPSA) is 6.48 Å². The largest absolute Gasteiger partial charge is 0.313 e. The summed E-state index contributed by atoms with van der Waals surface area (Å²) in [6, 6.07) is 58.9. The lowest BCUT2D eigenvalue weighted by Crippen LogP contribution is -2.18. The zero-order chi connectivity index (χ0) is 37.8. The molecule has 7 aromatic carbocycles. The molecule has 0 saturated heterocycles. The van der Waals surface area contributed by atoms with Crippen molar-refractivity contribution in [3.05, 3.63) is 209 Å². The van der Waals surface area contributed by atoms with Crippen molar-refractivity contribution < 1.29 is 0 Å². The van der Waals surface area contributed by atoms with Crippen molar-refractivity contribution in [2.75, 3.05) is 9.80 Å².